The zero-order chi connectivity index (χ0) is 11.4. The van der Waals surface area contributed by atoms with Crippen LogP contribution in [0, 0.1) is 5.92 Å². The molecule has 16 heavy (non-hydrogen) atoms. The van der Waals surface area contributed by atoms with Crippen molar-refractivity contribution in [2.45, 2.75) is 38.5 Å². The molecular weight excluding hydrogens is 204 g/mol. The molecule has 2 aliphatic heterocycles. The van der Waals surface area contributed by atoms with Crippen LogP contribution in [0.4, 0.5) is 0 Å². The summed E-state index contributed by atoms with van der Waals surface area (Å²) in [4.78, 5) is 25.1. The molecule has 1 N–H and O–H groups in total. The van der Waals surface area contributed by atoms with Crippen LogP contribution in [0.2, 0.25) is 0 Å². The highest BCUT2D eigenvalue weighted by atomic mass is 16.2. The summed E-state index contributed by atoms with van der Waals surface area (Å²) in [6, 6.07) is 0. The second kappa shape index (κ2) is 5.43. The first-order valence-electron chi connectivity index (χ1n) is 6.31. The van der Waals surface area contributed by atoms with E-state index in [0.717, 1.165) is 38.8 Å². The Morgan fingerprint density at radius 3 is 2.38 bits per heavy atom. The summed E-state index contributed by atoms with van der Waals surface area (Å²) in [5, 5.41) is 3.32. The first-order valence-corrected chi connectivity index (χ1v) is 6.31. The molecule has 4 heteroatoms. The molecule has 2 fully saturated rings. The Morgan fingerprint density at radius 2 is 1.81 bits per heavy atom. The molecule has 1 atom stereocenters. The van der Waals surface area contributed by atoms with E-state index in [4.69, 9.17) is 0 Å². The molecule has 2 aliphatic rings. The minimum absolute atomic E-state index is 0.0353. The fourth-order valence-corrected chi connectivity index (χ4v) is 2.50. The number of carbonyl (C=O) groups is 2. The van der Waals surface area contributed by atoms with Gasteiger partial charge < -0.3 is 5.32 Å². The van der Waals surface area contributed by atoms with E-state index in [1.807, 2.05) is 0 Å². The maximum Gasteiger partial charge on any atom is 0.229 e. The lowest BCUT2D eigenvalue weighted by Gasteiger charge is -2.28. The van der Waals surface area contributed by atoms with Gasteiger partial charge in [0.2, 0.25) is 11.8 Å². The number of nitrogens with one attached hydrogen (secondary N) is 1. The lowest BCUT2D eigenvalue weighted by molar-refractivity contribution is -0.144. The Labute approximate surface area is 96.4 Å². The minimum atomic E-state index is 0.0353. The summed E-state index contributed by atoms with van der Waals surface area (Å²) in [6.07, 6.45) is 5.11. The molecule has 4 nitrogen and oxygen atoms in total. The Morgan fingerprint density at radius 1 is 1.12 bits per heavy atom. The summed E-state index contributed by atoms with van der Waals surface area (Å²) in [5.74, 6) is 0.529. The predicted molar refractivity (Wildman–Crippen MR) is 60.8 cm³/mol. The number of carbonyl (C=O) groups excluding carboxylic acids is 2. The Balaban J connectivity index is 1.94. The van der Waals surface area contributed by atoms with E-state index in [9.17, 15) is 9.59 Å². The zero-order valence-corrected chi connectivity index (χ0v) is 9.71. The van der Waals surface area contributed by atoms with Crippen LogP contribution in [0.3, 0.4) is 0 Å². The van der Waals surface area contributed by atoms with Crippen molar-refractivity contribution in [3.63, 3.8) is 0 Å². The van der Waals surface area contributed by atoms with Crippen LogP contribution in [-0.2, 0) is 9.59 Å². The lowest BCUT2D eigenvalue weighted by Crippen LogP contribution is -2.43. The molecule has 0 aromatic carbocycles. The fraction of sp³-hybridized carbons (Fsp3) is 0.833. The van der Waals surface area contributed by atoms with E-state index in [0.29, 0.717) is 25.3 Å². The van der Waals surface area contributed by atoms with Crippen LogP contribution in [0.1, 0.15) is 38.5 Å². The summed E-state index contributed by atoms with van der Waals surface area (Å²) in [7, 11) is 0. The second-order valence-corrected chi connectivity index (χ2v) is 4.82. The summed E-state index contributed by atoms with van der Waals surface area (Å²) in [5.41, 5.74) is 0. The third-order valence-electron chi connectivity index (χ3n) is 3.47. The number of piperidine rings is 1. The minimum Gasteiger partial charge on any atom is -0.316 e. The molecule has 1 unspecified atom stereocenters. The second-order valence-electron chi connectivity index (χ2n) is 4.82. The van der Waals surface area contributed by atoms with Crippen LogP contribution >= 0.6 is 0 Å². The highest BCUT2D eigenvalue weighted by molar-refractivity contribution is 5.96. The maximum absolute atomic E-state index is 11.8. The van der Waals surface area contributed by atoms with E-state index in [-0.39, 0.29) is 11.8 Å². The number of imide groups is 1. The third-order valence-corrected chi connectivity index (χ3v) is 3.47. The van der Waals surface area contributed by atoms with Gasteiger partial charge in [0.15, 0.2) is 0 Å². The molecule has 0 aromatic heterocycles. The van der Waals surface area contributed by atoms with Gasteiger partial charge in [0.05, 0.1) is 0 Å². The molecule has 2 heterocycles. The largest absolute Gasteiger partial charge is 0.316 e. The first-order chi connectivity index (χ1) is 7.77. The number of hydrogen-bond donors (Lipinski definition) is 1. The average molecular weight is 224 g/mol. The zero-order valence-electron chi connectivity index (χ0n) is 9.71. The molecule has 0 aliphatic carbocycles. The molecule has 0 spiro atoms. The summed E-state index contributed by atoms with van der Waals surface area (Å²) in [6.45, 7) is 2.64. The summed E-state index contributed by atoms with van der Waals surface area (Å²) < 4.78 is 0. The highest BCUT2D eigenvalue weighted by Gasteiger charge is 2.27. The molecule has 0 saturated carbocycles. The fourth-order valence-electron chi connectivity index (χ4n) is 2.50. The number of hydrogen-bond acceptors (Lipinski definition) is 3. The number of amides is 2. The lowest BCUT2D eigenvalue weighted by atomic mass is 9.99. The molecule has 0 aromatic rings. The average Bonchev–Trinajstić information content (AvgIpc) is 2.46. The smallest absolute Gasteiger partial charge is 0.229 e. The van der Waals surface area contributed by atoms with E-state index in [2.05, 4.69) is 5.32 Å². The third kappa shape index (κ3) is 2.82. The van der Waals surface area contributed by atoms with Gasteiger partial charge in [-0.25, -0.2) is 0 Å². The van der Waals surface area contributed by atoms with Gasteiger partial charge in [-0.15, -0.1) is 0 Å². The van der Waals surface area contributed by atoms with Crippen molar-refractivity contribution in [3.05, 3.63) is 0 Å². The van der Waals surface area contributed by atoms with Crippen LogP contribution in [-0.4, -0.2) is 36.3 Å². The van der Waals surface area contributed by atoms with Crippen molar-refractivity contribution < 1.29 is 9.59 Å². The highest BCUT2D eigenvalue weighted by Crippen LogP contribution is 2.17. The van der Waals surface area contributed by atoms with Crippen molar-refractivity contribution in [1.29, 1.82) is 0 Å². The first kappa shape index (κ1) is 11.6. The van der Waals surface area contributed by atoms with E-state index >= 15 is 0 Å². The van der Waals surface area contributed by atoms with Crippen molar-refractivity contribution in [1.82, 2.24) is 10.2 Å². The van der Waals surface area contributed by atoms with E-state index in [1.54, 1.807) is 0 Å². The van der Waals surface area contributed by atoms with Crippen molar-refractivity contribution in [2.75, 3.05) is 19.6 Å². The summed E-state index contributed by atoms with van der Waals surface area (Å²) >= 11 is 0. The van der Waals surface area contributed by atoms with Crippen LogP contribution in [0.25, 0.3) is 0 Å². The molecule has 90 valence electrons. The molecule has 2 saturated heterocycles. The number of rotatable bonds is 2. The van der Waals surface area contributed by atoms with Crippen LogP contribution in [0.15, 0.2) is 0 Å². The molecule has 2 amide bonds. The Kier molecular flexibility index (Phi) is 3.93. The van der Waals surface area contributed by atoms with Gasteiger partial charge in [0.1, 0.15) is 0 Å². The van der Waals surface area contributed by atoms with Crippen LogP contribution < -0.4 is 5.32 Å². The molecule has 0 radical (unpaired) electrons. The topological polar surface area (TPSA) is 49.4 Å². The van der Waals surface area contributed by atoms with Gasteiger partial charge in [-0.05, 0) is 44.7 Å². The Bertz CT molecular complexity index is 254. The van der Waals surface area contributed by atoms with Gasteiger partial charge in [0, 0.05) is 19.4 Å². The SMILES string of the molecule is O=C1CCCCC(=O)N1CC1CCCNC1. The number of nitrogens with zero attached hydrogens (tertiary/aromatic N) is 1. The van der Waals surface area contributed by atoms with Gasteiger partial charge in [0.25, 0.3) is 0 Å². The van der Waals surface area contributed by atoms with E-state index < -0.39 is 0 Å². The monoisotopic (exact) mass is 224 g/mol. The number of likely N-dealkylation sites (tertiary alicyclic amines) is 1. The molecule has 2 rings (SSSR count). The van der Waals surface area contributed by atoms with E-state index in [1.165, 1.54) is 4.90 Å². The standard InChI is InChI=1S/C12H20N2O2/c15-11-5-1-2-6-12(16)14(11)9-10-4-3-7-13-8-10/h10,13H,1-9H2. The predicted octanol–water partition coefficient (Wildman–Crippen LogP) is 0.915. The molecule has 0 bridgehead atoms. The van der Waals surface area contributed by atoms with Crippen molar-refractivity contribution >= 4 is 11.8 Å². The van der Waals surface area contributed by atoms with Gasteiger partial charge in [-0.1, -0.05) is 0 Å². The maximum atomic E-state index is 11.8. The van der Waals surface area contributed by atoms with Gasteiger partial charge in [-0.3, -0.25) is 14.5 Å². The quantitative estimate of drug-likeness (QED) is 0.709. The van der Waals surface area contributed by atoms with Crippen molar-refractivity contribution in [3.8, 4) is 0 Å². The van der Waals surface area contributed by atoms with Gasteiger partial charge in [-0.2, -0.15) is 0 Å². The van der Waals surface area contributed by atoms with Crippen LogP contribution in [0.5, 0.6) is 0 Å². The van der Waals surface area contributed by atoms with Crippen molar-refractivity contribution in [2.24, 2.45) is 5.92 Å². The van der Waals surface area contributed by atoms with Gasteiger partial charge >= 0.3 is 0 Å². The molecular formula is C12H20N2O2. The Hall–Kier alpha value is -0.900. The normalized spacial score (nSPS) is 28.0.